The van der Waals surface area contributed by atoms with Gasteiger partial charge < -0.3 is 4.90 Å². The Labute approximate surface area is 116 Å². The third-order valence-corrected chi connectivity index (χ3v) is 3.14. The minimum atomic E-state index is 0.834. The van der Waals surface area contributed by atoms with Crippen molar-refractivity contribution in [2.45, 2.75) is 13.3 Å². The Hall–Kier alpha value is -1.42. The fourth-order valence-electron chi connectivity index (χ4n) is 1.70. The summed E-state index contributed by atoms with van der Waals surface area (Å²) in [7, 11) is 4.07. The summed E-state index contributed by atoms with van der Waals surface area (Å²) in [6, 6.07) is 10.3. The van der Waals surface area contributed by atoms with E-state index < -0.39 is 0 Å². The average molecular weight is 306 g/mol. The van der Waals surface area contributed by atoms with E-state index in [1.54, 1.807) is 0 Å². The molecule has 94 valence electrons. The maximum atomic E-state index is 4.54. The highest BCUT2D eigenvalue weighted by Crippen LogP contribution is 2.23. The second-order valence-electron chi connectivity index (χ2n) is 4.29. The molecule has 0 N–H and O–H groups in total. The van der Waals surface area contributed by atoms with Gasteiger partial charge in [-0.25, -0.2) is 9.97 Å². The third-order valence-electron chi connectivity index (χ3n) is 2.74. The van der Waals surface area contributed by atoms with Crippen LogP contribution in [0.15, 0.2) is 34.9 Å². The first-order chi connectivity index (χ1) is 8.60. The molecular formula is C14H16BrN3. The number of rotatable bonds is 3. The minimum Gasteiger partial charge on any atom is -0.378 e. The average Bonchev–Trinajstić information content (AvgIpc) is 2.38. The topological polar surface area (TPSA) is 29.0 Å². The van der Waals surface area contributed by atoms with Crippen molar-refractivity contribution in [3.63, 3.8) is 0 Å². The molecule has 2 aromatic rings. The maximum absolute atomic E-state index is 4.54. The lowest BCUT2D eigenvalue weighted by Gasteiger charge is -2.12. The molecule has 0 spiro atoms. The molecule has 0 fully saturated rings. The molecule has 0 bridgehead atoms. The predicted molar refractivity (Wildman–Crippen MR) is 78.9 cm³/mol. The molecular weight excluding hydrogens is 290 g/mol. The highest BCUT2D eigenvalue weighted by atomic mass is 79.9. The van der Waals surface area contributed by atoms with E-state index in [-0.39, 0.29) is 0 Å². The lowest BCUT2D eigenvalue weighted by Crippen LogP contribution is -2.08. The van der Waals surface area contributed by atoms with Gasteiger partial charge in [-0.2, -0.15) is 0 Å². The predicted octanol–water partition coefficient (Wildman–Crippen LogP) is 3.53. The van der Waals surface area contributed by atoms with E-state index in [2.05, 4.69) is 62.0 Å². The Morgan fingerprint density at radius 1 is 1.11 bits per heavy atom. The molecule has 0 atom stereocenters. The SMILES string of the molecule is CCc1nc(Br)cc(-c2ccc(N(C)C)cc2)n1. The number of hydrogen-bond donors (Lipinski definition) is 0. The quantitative estimate of drug-likeness (QED) is 0.812. The van der Waals surface area contributed by atoms with Crippen LogP contribution in [0.4, 0.5) is 5.69 Å². The minimum absolute atomic E-state index is 0.834. The highest BCUT2D eigenvalue weighted by Gasteiger charge is 2.04. The fraction of sp³-hybridized carbons (Fsp3) is 0.286. The Bertz CT molecular complexity index is 535. The van der Waals surface area contributed by atoms with Crippen LogP contribution in [0, 0.1) is 0 Å². The molecule has 0 aliphatic heterocycles. The standard InChI is InChI=1S/C14H16BrN3/c1-4-14-16-12(9-13(15)17-14)10-5-7-11(8-6-10)18(2)3/h5-9H,4H2,1-3H3. The summed E-state index contributed by atoms with van der Waals surface area (Å²) >= 11 is 3.43. The van der Waals surface area contributed by atoms with Gasteiger partial charge in [0.15, 0.2) is 0 Å². The van der Waals surface area contributed by atoms with Gasteiger partial charge in [0.1, 0.15) is 10.4 Å². The zero-order chi connectivity index (χ0) is 13.1. The van der Waals surface area contributed by atoms with Gasteiger partial charge in [-0.15, -0.1) is 0 Å². The van der Waals surface area contributed by atoms with Gasteiger partial charge in [-0.3, -0.25) is 0 Å². The van der Waals surface area contributed by atoms with Crippen LogP contribution in [0.1, 0.15) is 12.7 Å². The van der Waals surface area contributed by atoms with Crippen molar-refractivity contribution in [2.75, 3.05) is 19.0 Å². The Kier molecular flexibility index (Phi) is 3.97. The van der Waals surface area contributed by atoms with Gasteiger partial charge in [0.25, 0.3) is 0 Å². The van der Waals surface area contributed by atoms with E-state index in [1.165, 1.54) is 5.69 Å². The monoisotopic (exact) mass is 305 g/mol. The van der Waals surface area contributed by atoms with E-state index in [0.717, 1.165) is 28.1 Å². The maximum Gasteiger partial charge on any atom is 0.130 e. The number of nitrogens with zero attached hydrogens (tertiary/aromatic N) is 3. The normalized spacial score (nSPS) is 10.4. The van der Waals surface area contributed by atoms with E-state index in [9.17, 15) is 0 Å². The number of benzene rings is 1. The number of halogens is 1. The van der Waals surface area contributed by atoms with Crippen molar-refractivity contribution in [3.05, 3.63) is 40.8 Å². The third kappa shape index (κ3) is 2.88. The first-order valence-corrected chi connectivity index (χ1v) is 6.70. The first kappa shape index (κ1) is 13.0. The second-order valence-corrected chi connectivity index (χ2v) is 5.10. The first-order valence-electron chi connectivity index (χ1n) is 5.91. The molecule has 2 rings (SSSR count). The Morgan fingerprint density at radius 2 is 1.78 bits per heavy atom. The van der Waals surface area contributed by atoms with Crippen molar-refractivity contribution in [1.29, 1.82) is 0 Å². The molecule has 0 radical (unpaired) electrons. The summed E-state index contributed by atoms with van der Waals surface area (Å²) in [6.45, 7) is 2.06. The molecule has 0 aliphatic carbocycles. The van der Waals surface area contributed by atoms with Gasteiger partial charge in [0, 0.05) is 31.8 Å². The summed E-state index contributed by atoms with van der Waals surface area (Å²) in [4.78, 5) is 10.9. The summed E-state index contributed by atoms with van der Waals surface area (Å²) in [6.07, 6.45) is 0.836. The van der Waals surface area contributed by atoms with Gasteiger partial charge >= 0.3 is 0 Å². The van der Waals surface area contributed by atoms with Crippen molar-refractivity contribution in [2.24, 2.45) is 0 Å². The van der Waals surface area contributed by atoms with E-state index in [4.69, 9.17) is 0 Å². The zero-order valence-electron chi connectivity index (χ0n) is 10.8. The van der Waals surface area contributed by atoms with Crippen molar-refractivity contribution in [1.82, 2.24) is 9.97 Å². The summed E-state index contributed by atoms with van der Waals surface area (Å²) in [5, 5.41) is 0. The second kappa shape index (κ2) is 5.48. The highest BCUT2D eigenvalue weighted by molar-refractivity contribution is 9.10. The summed E-state index contributed by atoms with van der Waals surface area (Å²) in [5.41, 5.74) is 3.25. The molecule has 0 amide bonds. The van der Waals surface area contributed by atoms with Crippen LogP contribution in [0.25, 0.3) is 11.3 Å². The van der Waals surface area contributed by atoms with Crippen molar-refractivity contribution >= 4 is 21.6 Å². The van der Waals surface area contributed by atoms with Crippen LogP contribution < -0.4 is 4.90 Å². The molecule has 0 aliphatic rings. The van der Waals surface area contributed by atoms with Gasteiger partial charge in [0.05, 0.1) is 5.69 Å². The van der Waals surface area contributed by atoms with E-state index in [0.29, 0.717) is 0 Å². The smallest absolute Gasteiger partial charge is 0.130 e. The molecule has 0 saturated heterocycles. The molecule has 1 aromatic heterocycles. The Balaban J connectivity index is 2.39. The van der Waals surface area contributed by atoms with E-state index in [1.807, 2.05) is 20.2 Å². The van der Waals surface area contributed by atoms with Gasteiger partial charge in [-0.05, 0) is 34.1 Å². The lowest BCUT2D eigenvalue weighted by atomic mass is 10.1. The zero-order valence-corrected chi connectivity index (χ0v) is 12.4. The summed E-state index contributed by atoms with van der Waals surface area (Å²) in [5.74, 6) is 0.857. The van der Waals surface area contributed by atoms with Gasteiger partial charge in [-0.1, -0.05) is 19.1 Å². The molecule has 0 saturated carbocycles. The van der Waals surface area contributed by atoms with Crippen LogP contribution in [-0.2, 0) is 6.42 Å². The van der Waals surface area contributed by atoms with Crippen LogP contribution >= 0.6 is 15.9 Å². The van der Waals surface area contributed by atoms with Crippen LogP contribution in [0.5, 0.6) is 0 Å². The molecule has 3 nitrogen and oxygen atoms in total. The summed E-state index contributed by atoms with van der Waals surface area (Å²) < 4.78 is 0.834. The number of hydrogen-bond acceptors (Lipinski definition) is 3. The molecule has 1 aromatic carbocycles. The Morgan fingerprint density at radius 3 is 2.33 bits per heavy atom. The van der Waals surface area contributed by atoms with Crippen LogP contribution in [-0.4, -0.2) is 24.1 Å². The molecule has 4 heteroatoms. The molecule has 1 heterocycles. The van der Waals surface area contributed by atoms with Gasteiger partial charge in [0.2, 0.25) is 0 Å². The largest absolute Gasteiger partial charge is 0.378 e. The van der Waals surface area contributed by atoms with Crippen molar-refractivity contribution in [3.8, 4) is 11.3 Å². The molecule has 0 unspecified atom stereocenters. The van der Waals surface area contributed by atoms with E-state index >= 15 is 0 Å². The lowest BCUT2D eigenvalue weighted by molar-refractivity contribution is 0.931. The van der Waals surface area contributed by atoms with Crippen LogP contribution in [0.2, 0.25) is 0 Å². The van der Waals surface area contributed by atoms with Crippen LogP contribution in [0.3, 0.4) is 0 Å². The number of anilines is 1. The fourth-order valence-corrected chi connectivity index (χ4v) is 2.12. The number of aryl methyl sites for hydroxylation is 1. The number of aromatic nitrogens is 2. The molecule has 18 heavy (non-hydrogen) atoms. The van der Waals surface area contributed by atoms with Crippen molar-refractivity contribution < 1.29 is 0 Å².